The van der Waals surface area contributed by atoms with E-state index in [1.165, 1.54) is 12.8 Å². The molecule has 0 saturated carbocycles. The van der Waals surface area contributed by atoms with Gasteiger partial charge >= 0.3 is 0 Å². The van der Waals surface area contributed by atoms with Crippen LogP contribution >= 0.6 is 12.4 Å². The summed E-state index contributed by atoms with van der Waals surface area (Å²) in [6, 6.07) is 0. The van der Waals surface area contributed by atoms with Crippen LogP contribution in [0.4, 0.5) is 0 Å². The highest BCUT2D eigenvalue weighted by molar-refractivity contribution is 5.85. The second-order valence-electron chi connectivity index (χ2n) is 7.77. The maximum absolute atomic E-state index is 12.7. The summed E-state index contributed by atoms with van der Waals surface area (Å²) >= 11 is 0. The van der Waals surface area contributed by atoms with Crippen LogP contribution in [0.3, 0.4) is 0 Å². The normalized spacial score (nSPS) is 31.6. The summed E-state index contributed by atoms with van der Waals surface area (Å²) in [4.78, 5) is 14.9. The minimum absolute atomic E-state index is 0. The lowest BCUT2D eigenvalue weighted by molar-refractivity contribution is -0.140. The van der Waals surface area contributed by atoms with Crippen molar-refractivity contribution in [2.24, 2.45) is 16.7 Å². The molecule has 2 fully saturated rings. The fourth-order valence-electron chi connectivity index (χ4n) is 3.55. The van der Waals surface area contributed by atoms with Crippen LogP contribution in [0, 0.1) is 16.7 Å². The SMILES string of the molecule is CC1(C(=O)N2CCCC(C(C)(C)C)CC2)CCNC1.Cl. The Bertz CT molecular complexity index is 332. The number of nitrogens with zero attached hydrogens (tertiary/aromatic N) is 1. The molecule has 1 amide bonds. The van der Waals surface area contributed by atoms with E-state index in [1.807, 2.05) is 0 Å². The molecular weight excluding hydrogens is 272 g/mol. The van der Waals surface area contributed by atoms with Crippen molar-refractivity contribution in [3.8, 4) is 0 Å². The summed E-state index contributed by atoms with van der Waals surface area (Å²) in [5.41, 5.74) is 0.222. The van der Waals surface area contributed by atoms with Crippen molar-refractivity contribution in [2.75, 3.05) is 26.2 Å². The molecule has 1 N–H and O–H groups in total. The van der Waals surface area contributed by atoms with Crippen LogP contribution in [0.5, 0.6) is 0 Å². The standard InChI is InChI=1S/C16H30N2O.ClH/c1-15(2,3)13-6-5-10-18(11-7-13)14(19)16(4)8-9-17-12-16;/h13,17H,5-12H2,1-4H3;1H. The lowest BCUT2D eigenvalue weighted by Gasteiger charge is -2.32. The Morgan fingerprint density at radius 1 is 1.25 bits per heavy atom. The van der Waals surface area contributed by atoms with Gasteiger partial charge in [0, 0.05) is 19.6 Å². The van der Waals surface area contributed by atoms with E-state index in [2.05, 4.69) is 37.9 Å². The van der Waals surface area contributed by atoms with E-state index in [0.29, 0.717) is 11.3 Å². The van der Waals surface area contributed by atoms with Crippen LogP contribution in [-0.4, -0.2) is 37.0 Å². The molecule has 2 saturated heterocycles. The molecule has 0 radical (unpaired) electrons. The fraction of sp³-hybridized carbons (Fsp3) is 0.938. The molecule has 2 aliphatic heterocycles. The van der Waals surface area contributed by atoms with Crippen molar-refractivity contribution in [3.63, 3.8) is 0 Å². The lowest BCUT2D eigenvalue weighted by atomic mass is 9.77. The van der Waals surface area contributed by atoms with Crippen LogP contribution in [0.25, 0.3) is 0 Å². The summed E-state index contributed by atoms with van der Waals surface area (Å²) in [6.07, 6.45) is 4.59. The Morgan fingerprint density at radius 3 is 2.50 bits per heavy atom. The average Bonchev–Trinajstić information content (AvgIpc) is 2.64. The third-order valence-corrected chi connectivity index (χ3v) is 5.13. The van der Waals surface area contributed by atoms with Gasteiger partial charge < -0.3 is 10.2 Å². The molecule has 20 heavy (non-hydrogen) atoms. The summed E-state index contributed by atoms with van der Waals surface area (Å²) in [5.74, 6) is 1.13. The number of rotatable bonds is 1. The number of hydrogen-bond acceptors (Lipinski definition) is 2. The van der Waals surface area contributed by atoms with E-state index >= 15 is 0 Å². The molecule has 2 aliphatic rings. The zero-order valence-electron chi connectivity index (χ0n) is 13.5. The van der Waals surface area contributed by atoms with Crippen LogP contribution in [0.2, 0.25) is 0 Å². The second-order valence-corrected chi connectivity index (χ2v) is 7.77. The minimum atomic E-state index is -0.151. The second kappa shape index (κ2) is 6.65. The van der Waals surface area contributed by atoms with E-state index in [1.54, 1.807) is 0 Å². The number of amides is 1. The molecule has 2 atom stereocenters. The highest BCUT2D eigenvalue weighted by Gasteiger charge is 2.40. The highest BCUT2D eigenvalue weighted by atomic mass is 35.5. The van der Waals surface area contributed by atoms with Gasteiger partial charge in [-0.1, -0.05) is 20.8 Å². The predicted octanol–water partition coefficient (Wildman–Crippen LogP) is 3.08. The molecule has 2 heterocycles. The van der Waals surface area contributed by atoms with Crippen molar-refractivity contribution in [1.29, 1.82) is 0 Å². The molecule has 4 heteroatoms. The Hall–Kier alpha value is -0.280. The number of carbonyl (C=O) groups is 1. The van der Waals surface area contributed by atoms with Gasteiger partial charge in [0.15, 0.2) is 0 Å². The molecule has 2 rings (SSSR count). The van der Waals surface area contributed by atoms with Gasteiger partial charge in [-0.25, -0.2) is 0 Å². The molecule has 118 valence electrons. The summed E-state index contributed by atoms with van der Waals surface area (Å²) in [5, 5.41) is 3.33. The van der Waals surface area contributed by atoms with Crippen molar-refractivity contribution >= 4 is 18.3 Å². The molecule has 0 aliphatic carbocycles. The molecule has 0 aromatic carbocycles. The summed E-state index contributed by atoms with van der Waals surface area (Å²) in [7, 11) is 0. The number of hydrogen-bond donors (Lipinski definition) is 1. The Morgan fingerprint density at radius 2 is 1.95 bits per heavy atom. The van der Waals surface area contributed by atoms with Crippen LogP contribution in [-0.2, 0) is 4.79 Å². The van der Waals surface area contributed by atoms with Crippen molar-refractivity contribution in [2.45, 2.75) is 53.4 Å². The third-order valence-electron chi connectivity index (χ3n) is 5.13. The zero-order chi connectivity index (χ0) is 14.1. The Labute approximate surface area is 130 Å². The monoisotopic (exact) mass is 302 g/mol. The topological polar surface area (TPSA) is 32.3 Å². The van der Waals surface area contributed by atoms with Crippen LogP contribution < -0.4 is 5.32 Å². The Balaban J connectivity index is 0.00000200. The highest BCUT2D eigenvalue weighted by Crippen LogP contribution is 2.35. The zero-order valence-corrected chi connectivity index (χ0v) is 14.3. The Kier molecular flexibility index (Phi) is 5.91. The van der Waals surface area contributed by atoms with Crippen LogP contribution in [0.15, 0.2) is 0 Å². The van der Waals surface area contributed by atoms with Gasteiger partial charge in [-0.05, 0) is 50.5 Å². The maximum atomic E-state index is 12.7. The molecular formula is C16H31ClN2O. The van der Waals surface area contributed by atoms with E-state index in [9.17, 15) is 4.79 Å². The summed E-state index contributed by atoms with van der Waals surface area (Å²) < 4.78 is 0. The van der Waals surface area contributed by atoms with Gasteiger partial charge in [0.25, 0.3) is 0 Å². The number of nitrogens with one attached hydrogen (secondary N) is 1. The van der Waals surface area contributed by atoms with Crippen molar-refractivity contribution in [1.82, 2.24) is 10.2 Å². The van der Waals surface area contributed by atoms with E-state index in [4.69, 9.17) is 0 Å². The number of carbonyl (C=O) groups excluding carboxylic acids is 1. The largest absolute Gasteiger partial charge is 0.342 e. The molecule has 0 aromatic rings. The van der Waals surface area contributed by atoms with E-state index in [0.717, 1.165) is 44.9 Å². The van der Waals surface area contributed by atoms with Gasteiger partial charge in [0.05, 0.1) is 5.41 Å². The van der Waals surface area contributed by atoms with Gasteiger partial charge in [0.2, 0.25) is 5.91 Å². The van der Waals surface area contributed by atoms with Gasteiger partial charge in [0.1, 0.15) is 0 Å². The first-order chi connectivity index (χ1) is 8.83. The molecule has 0 spiro atoms. The van der Waals surface area contributed by atoms with Gasteiger partial charge in [-0.2, -0.15) is 0 Å². The van der Waals surface area contributed by atoms with Crippen LogP contribution in [0.1, 0.15) is 53.4 Å². The fourth-order valence-corrected chi connectivity index (χ4v) is 3.55. The molecule has 0 bridgehead atoms. The molecule has 2 unspecified atom stereocenters. The van der Waals surface area contributed by atoms with Gasteiger partial charge in [-0.15, -0.1) is 12.4 Å². The van der Waals surface area contributed by atoms with E-state index in [-0.39, 0.29) is 17.8 Å². The van der Waals surface area contributed by atoms with Gasteiger partial charge in [-0.3, -0.25) is 4.79 Å². The van der Waals surface area contributed by atoms with E-state index < -0.39 is 0 Å². The minimum Gasteiger partial charge on any atom is -0.342 e. The maximum Gasteiger partial charge on any atom is 0.229 e. The summed E-state index contributed by atoms with van der Waals surface area (Å²) in [6.45, 7) is 12.9. The molecule has 0 aromatic heterocycles. The first-order valence-electron chi connectivity index (χ1n) is 7.83. The van der Waals surface area contributed by atoms with Crippen molar-refractivity contribution in [3.05, 3.63) is 0 Å². The average molecular weight is 303 g/mol. The quantitative estimate of drug-likeness (QED) is 0.807. The predicted molar refractivity (Wildman–Crippen MR) is 86.2 cm³/mol. The molecule has 3 nitrogen and oxygen atoms in total. The number of halogens is 1. The number of likely N-dealkylation sites (tertiary alicyclic amines) is 1. The lowest BCUT2D eigenvalue weighted by Crippen LogP contribution is -2.44. The first-order valence-corrected chi connectivity index (χ1v) is 7.83. The smallest absolute Gasteiger partial charge is 0.229 e. The first kappa shape index (κ1) is 17.8. The van der Waals surface area contributed by atoms with Crippen molar-refractivity contribution < 1.29 is 4.79 Å². The third kappa shape index (κ3) is 3.88.